The van der Waals surface area contributed by atoms with E-state index < -0.39 is 24.3 Å². The number of carbonyl (C=O) groups is 3. The molecule has 0 saturated carbocycles. The van der Waals surface area contributed by atoms with Crippen molar-refractivity contribution in [3.63, 3.8) is 0 Å². The molecule has 52 heavy (non-hydrogen) atoms. The van der Waals surface area contributed by atoms with Crippen LogP contribution in [-0.4, -0.2) is 28.1 Å². The minimum absolute atomic E-state index is 0.0326. The van der Waals surface area contributed by atoms with Crippen molar-refractivity contribution in [1.29, 1.82) is 0 Å². The highest BCUT2D eigenvalue weighted by Gasteiger charge is 2.50. The van der Waals surface area contributed by atoms with Crippen LogP contribution in [0, 0.1) is 0 Å². The van der Waals surface area contributed by atoms with Gasteiger partial charge < -0.3 is 19.1 Å². The van der Waals surface area contributed by atoms with Gasteiger partial charge in [-0.15, -0.1) is 10.1 Å². The van der Waals surface area contributed by atoms with Crippen molar-refractivity contribution < 1.29 is 33.5 Å². The van der Waals surface area contributed by atoms with Crippen molar-refractivity contribution in [2.75, 3.05) is 0 Å². The minimum Gasteiger partial charge on any atom is -0.442 e. The number of benzene rings is 4. The van der Waals surface area contributed by atoms with Crippen LogP contribution in [0.25, 0.3) is 0 Å². The van der Waals surface area contributed by atoms with Crippen molar-refractivity contribution in [3.05, 3.63) is 166 Å². The molecule has 0 saturated heterocycles. The fourth-order valence-electron chi connectivity index (χ4n) is 6.39. The summed E-state index contributed by atoms with van der Waals surface area (Å²) in [6.07, 6.45) is 2.51. The van der Waals surface area contributed by atoms with Crippen LogP contribution in [0.1, 0.15) is 86.7 Å². The van der Waals surface area contributed by atoms with Gasteiger partial charge in [0, 0.05) is 12.8 Å². The molecule has 2 aliphatic rings. The lowest BCUT2D eigenvalue weighted by molar-refractivity contribution is -0.116. The Kier molecular flexibility index (Phi) is 12.0. The summed E-state index contributed by atoms with van der Waals surface area (Å²) < 4.78 is 11.5. The molecule has 2 heterocycles. The molecular formula is C43H44N2O7. The van der Waals surface area contributed by atoms with E-state index in [2.05, 4.69) is 13.8 Å². The van der Waals surface area contributed by atoms with Crippen LogP contribution < -0.4 is 0 Å². The number of ketones is 1. The second-order valence-electron chi connectivity index (χ2n) is 12.8. The normalized spacial score (nSPS) is 16.8. The van der Waals surface area contributed by atoms with Gasteiger partial charge in [-0.25, -0.2) is 9.59 Å². The van der Waals surface area contributed by atoms with Crippen LogP contribution in [0.3, 0.4) is 0 Å². The number of carbonyl (C=O) groups excluding carboxylic acids is 3. The lowest BCUT2D eigenvalue weighted by Crippen LogP contribution is -2.34. The molecule has 0 radical (unpaired) electrons. The Labute approximate surface area is 305 Å². The Hall–Kier alpha value is -5.83. The van der Waals surface area contributed by atoms with Crippen LogP contribution >= 0.6 is 0 Å². The molecule has 9 nitrogen and oxygen atoms in total. The van der Waals surface area contributed by atoms with E-state index in [9.17, 15) is 9.59 Å². The van der Waals surface area contributed by atoms with E-state index in [1.807, 2.05) is 121 Å². The van der Waals surface area contributed by atoms with Gasteiger partial charge in [-0.05, 0) is 35.1 Å². The fraction of sp³-hybridized carbons (Fsp3) is 0.279. The van der Waals surface area contributed by atoms with Crippen molar-refractivity contribution in [2.45, 2.75) is 77.7 Å². The molecule has 2 unspecified atom stereocenters. The lowest BCUT2D eigenvalue weighted by atomic mass is 9.85. The zero-order chi connectivity index (χ0) is 36.3. The quantitative estimate of drug-likeness (QED) is 0.129. The maximum Gasteiger partial charge on any atom is 0.444 e. The number of hydroxylamine groups is 4. The highest BCUT2D eigenvalue weighted by Crippen LogP contribution is 2.47. The number of allylic oxidation sites excluding steroid dienone is 2. The summed E-state index contributed by atoms with van der Waals surface area (Å²) in [6.45, 7) is 4.17. The summed E-state index contributed by atoms with van der Waals surface area (Å²) in [5.41, 5.74) is 3.62. The number of hydrogen-bond donors (Lipinski definition) is 0. The number of rotatable bonds is 14. The Balaban J connectivity index is 1.41. The first-order chi connectivity index (χ1) is 25.5. The summed E-state index contributed by atoms with van der Waals surface area (Å²) in [5.74, 6) is 0.407. The SMILES string of the molecule is CCCCC1=C(C(=O)C2=C(CCCC)ON(C(=O)OCc3ccccc3)C2c2ccccc2)C(c2ccccc2)N(C(=O)OCc2ccccc2)O1. The second kappa shape index (κ2) is 17.4. The van der Waals surface area contributed by atoms with Crippen molar-refractivity contribution in [1.82, 2.24) is 10.1 Å². The van der Waals surface area contributed by atoms with E-state index in [4.69, 9.17) is 19.1 Å². The van der Waals surface area contributed by atoms with Crippen LogP contribution in [0.2, 0.25) is 0 Å². The average molecular weight is 701 g/mol. The number of unbranched alkanes of at least 4 members (excludes halogenated alkanes) is 2. The summed E-state index contributed by atoms with van der Waals surface area (Å²) in [6, 6.07) is 35.6. The van der Waals surface area contributed by atoms with E-state index in [0.717, 1.165) is 36.8 Å². The van der Waals surface area contributed by atoms with Gasteiger partial charge in [-0.2, -0.15) is 0 Å². The smallest absolute Gasteiger partial charge is 0.442 e. The third kappa shape index (κ3) is 8.20. The Bertz CT molecular complexity index is 1740. The molecule has 0 spiro atoms. The number of ether oxygens (including phenoxy) is 2. The first-order valence-electron chi connectivity index (χ1n) is 18.0. The van der Waals surface area contributed by atoms with Gasteiger partial charge in [-0.1, -0.05) is 148 Å². The highest BCUT2D eigenvalue weighted by atomic mass is 16.7. The molecule has 0 aliphatic carbocycles. The summed E-state index contributed by atoms with van der Waals surface area (Å²) in [4.78, 5) is 55.8. The van der Waals surface area contributed by atoms with E-state index in [0.29, 0.717) is 46.6 Å². The van der Waals surface area contributed by atoms with Crippen LogP contribution in [0.4, 0.5) is 9.59 Å². The topological polar surface area (TPSA) is 94.6 Å². The lowest BCUT2D eigenvalue weighted by Gasteiger charge is -2.26. The van der Waals surface area contributed by atoms with Gasteiger partial charge in [-0.3, -0.25) is 4.79 Å². The number of Topliss-reactive ketones (excluding diaryl/α,β-unsaturated/α-hetero) is 1. The number of hydrogen-bond acceptors (Lipinski definition) is 7. The zero-order valence-corrected chi connectivity index (χ0v) is 29.6. The molecule has 0 fully saturated rings. The molecule has 9 heteroatoms. The standard InChI is InChI=1S/C43H44N2O7/c1-3-5-27-35-37(39(33-23-15-9-16-24-33)44(51-35)42(47)49-29-31-19-11-7-12-20-31)41(46)38-36(28-6-4-2)52-45(40(38)34-25-17-10-18-26-34)43(48)50-30-32-21-13-8-14-22-32/h7-26,39-40H,3-6,27-30H2,1-2H3. The van der Waals surface area contributed by atoms with Crippen molar-refractivity contribution in [3.8, 4) is 0 Å². The van der Waals surface area contributed by atoms with Crippen LogP contribution in [0.15, 0.2) is 144 Å². The van der Waals surface area contributed by atoms with Gasteiger partial charge in [0.25, 0.3) is 0 Å². The molecule has 2 atom stereocenters. The molecule has 6 rings (SSSR count). The Morgan fingerprint density at radius 1 is 0.538 bits per heavy atom. The molecule has 4 aromatic rings. The third-order valence-corrected chi connectivity index (χ3v) is 9.04. The average Bonchev–Trinajstić information content (AvgIpc) is 3.78. The Morgan fingerprint density at radius 2 is 0.885 bits per heavy atom. The van der Waals surface area contributed by atoms with Gasteiger partial charge in [0.15, 0.2) is 5.78 Å². The van der Waals surface area contributed by atoms with E-state index >= 15 is 4.79 Å². The molecule has 0 bridgehead atoms. The third-order valence-electron chi connectivity index (χ3n) is 9.04. The Morgan fingerprint density at radius 3 is 1.23 bits per heavy atom. The van der Waals surface area contributed by atoms with Gasteiger partial charge >= 0.3 is 12.2 Å². The molecule has 2 aliphatic heterocycles. The molecular weight excluding hydrogens is 656 g/mol. The van der Waals surface area contributed by atoms with Gasteiger partial charge in [0.05, 0.1) is 11.1 Å². The maximum absolute atomic E-state index is 15.4. The highest BCUT2D eigenvalue weighted by molar-refractivity contribution is 6.11. The molecule has 4 aromatic carbocycles. The van der Waals surface area contributed by atoms with Crippen LogP contribution in [-0.2, 0) is 37.2 Å². The van der Waals surface area contributed by atoms with Gasteiger partial charge in [0.2, 0.25) is 0 Å². The fourth-order valence-corrected chi connectivity index (χ4v) is 6.39. The van der Waals surface area contributed by atoms with Crippen molar-refractivity contribution in [2.24, 2.45) is 0 Å². The first kappa shape index (κ1) is 36.0. The molecule has 2 amide bonds. The zero-order valence-electron chi connectivity index (χ0n) is 29.6. The van der Waals surface area contributed by atoms with E-state index in [1.165, 1.54) is 10.1 Å². The van der Waals surface area contributed by atoms with Crippen LogP contribution in [0.5, 0.6) is 0 Å². The van der Waals surface area contributed by atoms with Crippen molar-refractivity contribution >= 4 is 18.0 Å². The van der Waals surface area contributed by atoms with E-state index in [1.54, 1.807) is 0 Å². The summed E-state index contributed by atoms with van der Waals surface area (Å²) in [5, 5.41) is 2.34. The summed E-state index contributed by atoms with van der Waals surface area (Å²) >= 11 is 0. The van der Waals surface area contributed by atoms with Gasteiger partial charge in [0.1, 0.15) is 36.8 Å². The monoisotopic (exact) mass is 700 g/mol. The molecule has 0 aromatic heterocycles. The predicted molar refractivity (Wildman–Crippen MR) is 196 cm³/mol. The minimum atomic E-state index is -0.917. The predicted octanol–water partition coefficient (Wildman–Crippen LogP) is 10.1. The largest absolute Gasteiger partial charge is 0.444 e. The van der Waals surface area contributed by atoms with E-state index in [-0.39, 0.29) is 19.0 Å². The molecule has 268 valence electrons. The maximum atomic E-state index is 15.4. The first-order valence-corrected chi connectivity index (χ1v) is 18.0. The molecule has 0 N–H and O–H groups in total. The number of nitrogens with zero attached hydrogens (tertiary/aromatic N) is 2. The number of amides is 2. The summed E-state index contributed by atoms with van der Waals surface area (Å²) in [7, 11) is 0. The second-order valence-corrected chi connectivity index (χ2v) is 12.8.